The number of rotatable bonds is 5. The molecular weight excluding hydrogens is 350 g/mol. The van der Waals surface area contributed by atoms with Crippen molar-refractivity contribution in [1.82, 2.24) is 30.0 Å². The quantitative estimate of drug-likeness (QED) is 0.681. The van der Waals surface area contributed by atoms with Crippen molar-refractivity contribution in [3.05, 3.63) is 28.7 Å². The summed E-state index contributed by atoms with van der Waals surface area (Å²) < 4.78 is 7.10. The lowest BCUT2D eigenvalue weighted by Gasteiger charge is -2.30. The molecule has 0 bridgehead atoms. The van der Waals surface area contributed by atoms with E-state index in [0.29, 0.717) is 18.4 Å². The Balaban J connectivity index is 1.31. The summed E-state index contributed by atoms with van der Waals surface area (Å²) >= 11 is 1.61. The molecule has 4 heterocycles. The molecule has 5 rings (SSSR count). The molecule has 0 spiro atoms. The average molecular weight is 371 g/mol. The van der Waals surface area contributed by atoms with Crippen molar-refractivity contribution in [2.45, 2.75) is 44.1 Å². The molecule has 0 aromatic carbocycles. The highest BCUT2D eigenvalue weighted by Gasteiger charge is 2.29. The molecule has 1 aliphatic heterocycles. The second kappa shape index (κ2) is 6.55. The van der Waals surface area contributed by atoms with Crippen LogP contribution in [0.15, 0.2) is 12.1 Å². The normalized spacial score (nSPS) is 18.7. The molecule has 9 heteroatoms. The van der Waals surface area contributed by atoms with Crippen molar-refractivity contribution in [2.24, 2.45) is 0 Å². The lowest BCUT2D eigenvalue weighted by Crippen LogP contribution is -2.33. The number of anilines is 1. The van der Waals surface area contributed by atoms with Gasteiger partial charge in [-0.15, -0.1) is 20.4 Å². The number of hydrogen-bond donors (Lipinski definition) is 0. The molecule has 1 saturated carbocycles. The predicted octanol–water partition coefficient (Wildman–Crippen LogP) is 2.38. The van der Waals surface area contributed by atoms with Crippen LogP contribution >= 0.6 is 11.3 Å². The second-order valence-electron chi connectivity index (χ2n) is 7.03. The van der Waals surface area contributed by atoms with Crippen molar-refractivity contribution in [3.8, 4) is 0 Å². The summed E-state index contributed by atoms with van der Waals surface area (Å²) in [7, 11) is 1.68. The Bertz CT molecular complexity index is 911. The van der Waals surface area contributed by atoms with Gasteiger partial charge in [-0.1, -0.05) is 11.3 Å². The van der Waals surface area contributed by atoms with Crippen LogP contribution < -0.4 is 4.90 Å². The molecule has 2 fully saturated rings. The van der Waals surface area contributed by atoms with Crippen molar-refractivity contribution in [1.29, 1.82) is 0 Å². The predicted molar refractivity (Wildman–Crippen MR) is 97.6 cm³/mol. The van der Waals surface area contributed by atoms with Crippen LogP contribution in [0.2, 0.25) is 0 Å². The Morgan fingerprint density at radius 2 is 1.88 bits per heavy atom. The van der Waals surface area contributed by atoms with E-state index in [-0.39, 0.29) is 0 Å². The van der Waals surface area contributed by atoms with E-state index in [0.717, 1.165) is 47.5 Å². The van der Waals surface area contributed by atoms with Gasteiger partial charge < -0.3 is 9.64 Å². The highest BCUT2D eigenvalue weighted by Crippen LogP contribution is 2.39. The van der Waals surface area contributed by atoms with E-state index < -0.39 is 0 Å². The summed E-state index contributed by atoms with van der Waals surface area (Å²) in [6.45, 7) is 2.42. The zero-order valence-corrected chi connectivity index (χ0v) is 15.5. The lowest BCUT2D eigenvalue weighted by atomic mass is 9.96. The molecule has 1 aliphatic carbocycles. The monoisotopic (exact) mass is 371 g/mol. The van der Waals surface area contributed by atoms with Crippen molar-refractivity contribution >= 4 is 22.1 Å². The summed E-state index contributed by atoms with van der Waals surface area (Å²) in [6, 6.07) is 4.14. The van der Waals surface area contributed by atoms with Crippen molar-refractivity contribution in [3.63, 3.8) is 0 Å². The fourth-order valence-corrected chi connectivity index (χ4v) is 4.42. The molecule has 8 nitrogen and oxygen atoms in total. The molecule has 0 amide bonds. The third-order valence-electron chi connectivity index (χ3n) is 5.16. The largest absolute Gasteiger partial charge is 0.377 e. The average Bonchev–Trinajstić information content (AvgIpc) is 3.28. The van der Waals surface area contributed by atoms with E-state index in [2.05, 4.69) is 31.4 Å². The summed E-state index contributed by atoms with van der Waals surface area (Å²) in [5, 5.41) is 24.0. The first-order valence-corrected chi connectivity index (χ1v) is 9.92. The number of hydrogen-bond acceptors (Lipinski definition) is 8. The maximum Gasteiger partial charge on any atom is 0.208 e. The molecule has 26 heavy (non-hydrogen) atoms. The third-order valence-corrected chi connectivity index (χ3v) is 6.12. The van der Waals surface area contributed by atoms with Gasteiger partial charge in [0.15, 0.2) is 11.5 Å². The highest BCUT2D eigenvalue weighted by molar-refractivity contribution is 7.15. The number of methoxy groups -OCH3 is 1. The zero-order chi connectivity index (χ0) is 17.5. The Morgan fingerprint density at radius 3 is 2.65 bits per heavy atom. The van der Waals surface area contributed by atoms with E-state index in [1.165, 1.54) is 18.5 Å². The van der Waals surface area contributed by atoms with Gasteiger partial charge in [-0.05, 0) is 37.8 Å². The van der Waals surface area contributed by atoms with E-state index in [1.54, 1.807) is 18.4 Å². The summed E-state index contributed by atoms with van der Waals surface area (Å²) in [5.74, 6) is 2.02. The maximum absolute atomic E-state index is 5.13. The molecule has 0 radical (unpaired) electrons. The number of nitrogens with zero attached hydrogens (tertiary/aromatic N) is 7. The first-order valence-electron chi connectivity index (χ1n) is 9.10. The van der Waals surface area contributed by atoms with Gasteiger partial charge in [0.2, 0.25) is 5.13 Å². The maximum atomic E-state index is 5.13. The minimum absolute atomic E-state index is 0.384. The first-order chi connectivity index (χ1) is 12.8. The van der Waals surface area contributed by atoms with Gasteiger partial charge in [-0.25, -0.2) is 0 Å². The molecule has 0 atom stereocenters. The van der Waals surface area contributed by atoms with Gasteiger partial charge in [0.25, 0.3) is 0 Å². The molecule has 2 aliphatic rings. The van der Waals surface area contributed by atoms with Gasteiger partial charge in [0, 0.05) is 32.0 Å². The van der Waals surface area contributed by atoms with Crippen LogP contribution in [-0.2, 0) is 11.3 Å². The highest BCUT2D eigenvalue weighted by atomic mass is 32.1. The van der Waals surface area contributed by atoms with E-state index in [1.807, 2.05) is 10.6 Å². The van der Waals surface area contributed by atoms with E-state index in [9.17, 15) is 0 Å². The molecule has 0 unspecified atom stereocenters. The lowest BCUT2D eigenvalue weighted by molar-refractivity contribution is 0.184. The Labute approximate surface area is 155 Å². The van der Waals surface area contributed by atoms with Gasteiger partial charge >= 0.3 is 0 Å². The number of fused-ring (bicyclic) bond motifs is 1. The van der Waals surface area contributed by atoms with Crippen LogP contribution in [0, 0.1) is 0 Å². The fraction of sp³-hybridized carbons (Fsp3) is 0.588. The molecular formula is C17H21N7OS. The fourth-order valence-electron chi connectivity index (χ4n) is 3.55. The SMILES string of the molecule is COCc1nnc(N2CCC(c3nnc4ccc(C5CC5)nn34)CC2)s1. The molecule has 1 saturated heterocycles. The Kier molecular flexibility index (Phi) is 4.05. The minimum Gasteiger partial charge on any atom is -0.377 e. The minimum atomic E-state index is 0.384. The summed E-state index contributed by atoms with van der Waals surface area (Å²) in [6.07, 6.45) is 4.55. The van der Waals surface area contributed by atoms with Gasteiger partial charge in [-0.3, -0.25) is 0 Å². The third kappa shape index (κ3) is 2.95. The van der Waals surface area contributed by atoms with Crippen LogP contribution in [0.3, 0.4) is 0 Å². The molecule has 3 aromatic rings. The first kappa shape index (κ1) is 16.1. The smallest absolute Gasteiger partial charge is 0.208 e. The van der Waals surface area contributed by atoms with Gasteiger partial charge in [0.1, 0.15) is 11.6 Å². The Hall–Kier alpha value is -2.13. The topological polar surface area (TPSA) is 81.3 Å². The summed E-state index contributed by atoms with van der Waals surface area (Å²) in [4.78, 5) is 2.31. The van der Waals surface area contributed by atoms with Crippen LogP contribution in [0.25, 0.3) is 5.65 Å². The van der Waals surface area contributed by atoms with Crippen LogP contribution in [0.5, 0.6) is 0 Å². The Morgan fingerprint density at radius 1 is 1.04 bits per heavy atom. The molecule has 3 aromatic heterocycles. The van der Waals surface area contributed by atoms with Crippen LogP contribution in [0.1, 0.15) is 54.0 Å². The van der Waals surface area contributed by atoms with Gasteiger partial charge in [0.05, 0.1) is 5.69 Å². The standard InChI is InChI=1S/C17H21N7OS/c1-25-10-15-19-21-17(26-15)23-8-6-12(7-9-23)16-20-18-14-5-4-13(11-2-3-11)22-24(14)16/h4-5,11-12H,2-3,6-10H2,1H3. The number of piperidine rings is 1. The van der Waals surface area contributed by atoms with Gasteiger partial charge in [-0.2, -0.15) is 9.61 Å². The molecule has 0 N–H and O–H groups in total. The zero-order valence-electron chi connectivity index (χ0n) is 14.7. The number of aromatic nitrogens is 6. The second-order valence-corrected chi connectivity index (χ2v) is 8.07. The van der Waals surface area contributed by atoms with E-state index in [4.69, 9.17) is 9.84 Å². The van der Waals surface area contributed by atoms with Crippen LogP contribution in [-0.4, -0.2) is 50.2 Å². The number of ether oxygens (including phenoxy) is 1. The van der Waals surface area contributed by atoms with E-state index >= 15 is 0 Å². The van der Waals surface area contributed by atoms with Crippen molar-refractivity contribution < 1.29 is 4.74 Å². The molecule has 136 valence electrons. The summed E-state index contributed by atoms with van der Waals surface area (Å²) in [5.41, 5.74) is 2.02. The van der Waals surface area contributed by atoms with Crippen LogP contribution in [0.4, 0.5) is 5.13 Å². The van der Waals surface area contributed by atoms with Crippen molar-refractivity contribution in [2.75, 3.05) is 25.1 Å².